The number of benzene rings is 1. The molecule has 0 saturated carbocycles. The van der Waals surface area contributed by atoms with Crippen molar-refractivity contribution in [3.63, 3.8) is 0 Å². The van der Waals surface area contributed by atoms with Gasteiger partial charge in [-0.25, -0.2) is 13.9 Å². The van der Waals surface area contributed by atoms with Gasteiger partial charge >= 0.3 is 12.2 Å². The summed E-state index contributed by atoms with van der Waals surface area (Å²) in [6.07, 6.45) is -2.44. The summed E-state index contributed by atoms with van der Waals surface area (Å²) in [7, 11) is 0. The molecule has 0 fully saturated rings. The number of rotatable bonds is 3. The van der Waals surface area contributed by atoms with Crippen LogP contribution in [-0.4, -0.2) is 36.3 Å². The number of aromatic nitrogens is 6. The SMILES string of the molecule is Fc1ccc(-c2nnc(N3CCc4[nH]cnc4[C@H]3c3cc4cccc(C(F)(F)F)n4n3)o2)cc1. The number of nitrogens with one attached hydrogen (secondary N) is 1. The Labute approximate surface area is 188 Å². The van der Waals surface area contributed by atoms with Gasteiger partial charge in [-0.15, -0.1) is 5.10 Å². The highest BCUT2D eigenvalue weighted by molar-refractivity contribution is 5.55. The van der Waals surface area contributed by atoms with Crippen LogP contribution in [0.3, 0.4) is 0 Å². The van der Waals surface area contributed by atoms with Gasteiger partial charge < -0.3 is 14.3 Å². The van der Waals surface area contributed by atoms with Crippen molar-refractivity contribution in [3.05, 3.63) is 83.5 Å². The third-order valence-electron chi connectivity index (χ3n) is 5.75. The minimum Gasteiger partial charge on any atom is -0.403 e. The summed E-state index contributed by atoms with van der Waals surface area (Å²) in [6, 6.07) is 10.6. The number of aromatic amines is 1. The van der Waals surface area contributed by atoms with Gasteiger partial charge in [0.25, 0.3) is 0 Å². The Morgan fingerprint density at radius 2 is 1.88 bits per heavy atom. The molecule has 172 valence electrons. The smallest absolute Gasteiger partial charge is 0.403 e. The molecule has 6 rings (SSSR count). The summed E-state index contributed by atoms with van der Waals surface area (Å²) in [5, 5.41) is 12.5. The van der Waals surface area contributed by atoms with Gasteiger partial charge in [0.2, 0.25) is 5.89 Å². The van der Waals surface area contributed by atoms with Crippen LogP contribution >= 0.6 is 0 Å². The van der Waals surface area contributed by atoms with Crippen molar-refractivity contribution in [2.24, 2.45) is 0 Å². The number of H-pyrrole nitrogens is 1. The van der Waals surface area contributed by atoms with E-state index in [9.17, 15) is 17.6 Å². The van der Waals surface area contributed by atoms with Gasteiger partial charge in [-0.3, -0.25) is 0 Å². The fourth-order valence-electron chi connectivity index (χ4n) is 4.21. The quantitative estimate of drug-likeness (QED) is 0.394. The molecule has 0 saturated heterocycles. The average molecular weight is 469 g/mol. The van der Waals surface area contributed by atoms with E-state index in [0.29, 0.717) is 35.4 Å². The van der Waals surface area contributed by atoms with Crippen molar-refractivity contribution in [1.82, 2.24) is 29.8 Å². The average Bonchev–Trinajstić information content (AvgIpc) is 3.56. The minimum atomic E-state index is -4.57. The Bertz CT molecular complexity index is 1490. The van der Waals surface area contributed by atoms with Crippen LogP contribution in [0.1, 0.15) is 28.8 Å². The Morgan fingerprint density at radius 3 is 2.68 bits per heavy atom. The zero-order valence-electron chi connectivity index (χ0n) is 17.3. The topological polar surface area (TPSA) is 88.1 Å². The fraction of sp³-hybridized carbons (Fsp3) is 0.182. The molecule has 0 unspecified atom stereocenters. The molecular weight excluding hydrogens is 454 g/mol. The molecule has 0 aliphatic carbocycles. The number of fused-ring (bicyclic) bond motifs is 2. The molecule has 8 nitrogen and oxygen atoms in total. The molecule has 4 aromatic heterocycles. The van der Waals surface area contributed by atoms with Crippen molar-refractivity contribution in [2.45, 2.75) is 18.6 Å². The summed E-state index contributed by atoms with van der Waals surface area (Å²) >= 11 is 0. The van der Waals surface area contributed by atoms with Crippen LogP contribution in [0, 0.1) is 5.82 Å². The number of imidazole rings is 1. The van der Waals surface area contributed by atoms with Crippen molar-refractivity contribution in [2.75, 3.05) is 11.4 Å². The lowest BCUT2D eigenvalue weighted by atomic mass is 10.0. The predicted molar refractivity (Wildman–Crippen MR) is 111 cm³/mol. The van der Waals surface area contributed by atoms with Crippen molar-refractivity contribution in [3.8, 4) is 11.5 Å². The van der Waals surface area contributed by atoms with Crippen LogP contribution in [-0.2, 0) is 12.6 Å². The first-order chi connectivity index (χ1) is 16.4. The molecule has 0 spiro atoms. The maximum Gasteiger partial charge on any atom is 0.433 e. The maximum atomic E-state index is 13.5. The van der Waals surface area contributed by atoms with E-state index in [1.807, 2.05) is 0 Å². The predicted octanol–water partition coefficient (Wildman–Crippen LogP) is 4.42. The highest BCUT2D eigenvalue weighted by atomic mass is 19.4. The molecule has 1 aliphatic heterocycles. The summed E-state index contributed by atoms with van der Waals surface area (Å²) in [5.41, 5.74) is 1.78. The molecule has 1 aromatic carbocycles. The molecule has 0 bridgehead atoms. The second-order valence-electron chi connectivity index (χ2n) is 7.82. The molecule has 0 radical (unpaired) electrons. The van der Waals surface area contributed by atoms with E-state index in [1.165, 1.54) is 36.7 Å². The summed E-state index contributed by atoms with van der Waals surface area (Å²) in [4.78, 5) is 9.25. The van der Waals surface area contributed by atoms with Gasteiger partial charge in [0.15, 0.2) is 0 Å². The zero-order valence-corrected chi connectivity index (χ0v) is 17.3. The fourth-order valence-corrected chi connectivity index (χ4v) is 4.21. The second-order valence-corrected chi connectivity index (χ2v) is 7.82. The lowest BCUT2D eigenvalue weighted by Crippen LogP contribution is -2.37. The zero-order chi connectivity index (χ0) is 23.4. The first-order valence-electron chi connectivity index (χ1n) is 10.3. The van der Waals surface area contributed by atoms with Crippen molar-refractivity contribution < 1.29 is 22.0 Å². The molecule has 1 atom stereocenters. The van der Waals surface area contributed by atoms with Crippen molar-refractivity contribution >= 4 is 11.5 Å². The van der Waals surface area contributed by atoms with E-state index < -0.39 is 23.7 Å². The Balaban J connectivity index is 1.45. The number of halogens is 4. The van der Waals surface area contributed by atoms with E-state index in [-0.39, 0.29) is 11.9 Å². The highest BCUT2D eigenvalue weighted by Gasteiger charge is 2.38. The van der Waals surface area contributed by atoms with E-state index in [4.69, 9.17) is 4.42 Å². The third-order valence-corrected chi connectivity index (χ3v) is 5.75. The minimum absolute atomic E-state index is 0.158. The van der Waals surface area contributed by atoms with Gasteiger partial charge in [-0.05, 0) is 42.5 Å². The molecule has 5 heterocycles. The summed E-state index contributed by atoms with van der Waals surface area (Å²) < 4.78 is 60.7. The number of hydrogen-bond acceptors (Lipinski definition) is 6. The summed E-state index contributed by atoms with van der Waals surface area (Å²) in [6.45, 7) is 0.435. The van der Waals surface area contributed by atoms with Crippen LogP contribution in [0.4, 0.5) is 23.6 Å². The maximum absolute atomic E-state index is 13.5. The monoisotopic (exact) mass is 469 g/mol. The summed E-state index contributed by atoms with van der Waals surface area (Å²) in [5.74, 6) is -0.202. The molecule has 5 aromatic rings. The Kier molecular flexibility index (Phi) is 4.44. The number of alkyl halides is 3. The van der Waals surface area contributed by atoms with Crippen LogP contribution in [0.2, 0.25) is 0 Å². The number of anilines is 1. The van der Waals surface area contributed by atoms with Crippen LogP contribution in [0.5, 0.6) is 0 Å². The molecule has 1 N–H and O–H groups in total. The first kappa shape index (κ1) is 20.4. The van der Waals surface area contributed by atoms with Gasteiger partial charge in [0.05, 0.1) is 23.2 Å². The lowest BCUT2D eigenvalue weighted by Gasteiger charge is -2.32. The van der Waals surface area contributed by atoms with Crippen LogP contribution in [0.15, 0.2) is 59.3 Å². The highest BCUT2D eigenvalue weighted by Crippen LogP contribution is 2.38. The lowest BCUT2D eigenvalue weighted by molar-refractivity contribution is -0.142. The van der Waals surface area contributed by atoms with E-state index in [0.717, 1.165) is 16.3 Å². The van der Waals surface area contributed by atoms with Crippen LogP contribution in [0.25, 0.3) is 17.0 Å². The van der Waals surface area contributed by atoms with E-state index in [2.05, 4.69) is 25.3 Å². The van der Waals surface area contributed by atoms with E-state index in [1.54, 1.807) is 17.0 Å². The molecule has 1 aliphatic rings. The first-order valence-corrected chi connectivity index (χ1v) is 10.3. The Hall–Kier alpha value is -4.22. The van der Waals surface area contributed by atoms with Gasteiger partial charge in [-0.1, -0.05) is 11.2 Å². The normalized spacial score (nSPS) is 16.2. The molecule has 12 heteroatoms. The number of pyridine rings is 1. The van der Waals surface area contributed by atoms with Crippen molar-refractivity contribution in [1.29, 1.82) is 0 Å². The number of nitrogens with zero attached hydrogens (tertiary/aromatic N) is 6. The van der Waals surface area contributed by atoms with E-state index >= 15 is 0 Å². The number of hydrogen-bond donors (Lipinski definition) is 1. The molecule has 0 amide bonds. The Morgan fingerprint density at radius 1 is 1.06 bits per heavy atom. The standard InChI is InChI=1S/C22H15F4N7O/c23-13-6-4-12(5-7-13)20-29-30-21(34-20)32-9-8-15-18(28-11-27-15)19(32)16-10-14-2-1-3-17(22(24,25)26)33(14)31-16/h1-7,10-11,19H,8-9H2,(H,27,28)/t19-/m1/s1. The van der Waals surface area contributed by atoms with Gasteiger partial charge in [-0.2, -0.15) is 18.3 Å². The second kappa shape index (κ2) is 7.40. The van der Waals surface area contributed by atoms with Crippen LogP contribution < -0.4 is 4.90 Å². The molecule has 34 heavy (non-hydrogen) atoms. The van der Waals surface area contributed by atoms with Gasteiger partial charge in [0, 0.05) is 24.2 Å². The largest absolute Gasteiger partial charge is 0.433 e. The third kappa shape index (κ3) is 3.29. The molecular formula is C22H15F4N7O. The van der Waals surface area contributed by atoms with Gasteiger partial charge in [0.1, 0.15) is 17.6 Å².